The van der Waals surface area contributed by atoms with Crippen LogP contribution in [0.3, 0.4) is 0 Å². The summed E-state index contributed by atoms with van der Waals surface area (Å²) in [6.07, 6.45) is 6.12. The molecule has 21 heavy (non-hydrogen) atoms. The number of rotatable bonds is 4. The number of nitrogens with one attached hydrogen (secondary N) is 1. The van der Waals surface area contributed by atoms with E-state index in [1.165, 1.54) is 19.3 Å². The molecular weight excluding hydrogens is 264 g/mol. The lowest BCUT2D eigenvalue weighted by Crippen LogP contribution is -2.19. The van der Waals surface area contributed by atoms with Crippen molar-refractivity contribution in [1.82, 2.24) is 0 Å². The summed E-state index contributed by atoms with van der Waals surface area (Å²) in [6, 6.07) is 5.73. The van der Waals surface area contributed by atoms with Gasteiger partial charge in [-0.05, 0) is 44.1 Å². The van der Waals surface area contributed by atoms with E-state index < -0.39 is 0 Å². The van der Waals surface area contributed by atoms with Gasteiger partial charge in [0, 0.05) is 23.4 Å². The molecule has 1 fully saturated rings. The summed E-state index contributed by atoms with van der Waals surface area (Å²) < 4.78 is 0. The smallest absolute Gasteiger partial charge is 0.274 e. The molecule has 1 saturated carbocycles. The third kappa shape index (κ3) is 3.96. The summed E-state index contributed by atoms with van der Waals surface area (Å²) in [4.78, 5) is 10.7. The van der Waals surface area contributed by atoms with Crippen LogP contribution in [-0.4, -0.2) is 11.0 Å². The molecule has 2 atom stereocenters. The third-order valence-corrected chi connectivity index (χ3v) is 4.82. The van der Waals surface area contributed by atoms with E-state index in [1.807, 2.05) is 13.0 Å². The summed E-state index contributed by atoms with van der Waals surface area (Å²) in [5.74, 6) is 1.58. The van der Waals surface area contributed by atoms with Gasteiger partial charge >= 0.3 is 0 Å². The first-order valence-corrected chi connectivity index (χ1v) is 7.99. The van der Waals surface area contributed by atoms with Crippen LogP contribution in [0.25, 0.3) is 0 Å². The SMILES string of the molecule is Cc1c(NC2CCCC(C(C)C)CC2)cccc1[N+](=O)[O-]. The molecule has 0 aliphatic heterocycles. The average molecular weight is 290 g/mol. The fourth-order valence-electron chi connectivity index (χ4n) is 3.34. The number of benzene rings is 1. The third-order valence-electron chi connectivity index (χ3n) is 4.82. The highest BCUT2D eigenvalue weighted by Gasteiger charge is 2.22. The Morgan fingerprint density at radius 2 is 2.00 bits per heavy atom. The Bertz CT molecular complexity index is 500. The van der Waals surface area contributed by atoms with Crippen molar-refractivity contribution in [3.05, 3.63) is 33.9 Å². The number of nitro benzene ring substituents is 1. The molecule has 1 N–H and O–H groups in total. The van der Waals surface area contributed by atoms with Gasteiger partial charge in [0.05, 0.1) is 4.92 Å². The molecule has 2 unspecified atom stereocenters. The van der Waals surface area contributed by atoms with Gasteiger partial charge in [-0.3, -0.25) is 10.1 Å². The Balaban J connectivity index is 2.05. The summed E-state index contributed by atoms with van der Waals surface area (Å²) in [6.45, 7) is 6.44. The Kier molecular flexibility index (Phi) is 5.21. The molecule has 4 heteroatoms. The molecule has 0 radical (unpaired) electrons. The fraction of sp³-hybridized carbons (Fsp3) is 0.647. The topological polar surface area (TPSA) is 55.2 Å². The lowest BCUT2D eigenvalue weighted by atomic mass is 9.89. The van der Waals surface area contributed by atoms with Crippen molar-refractivity contribution in [3.63, 3.8) is 0 Å². The van der Waals surface area contributed by atoms with Crippen molar-refractivity contribution in [2.45, 2.75) is 58.9 Å². The molecule has 0 heterocycles. The number of nitrogens with zero attached hydrogens (tertiary/aromatic N) is 1. The molecule has 1 aromatic carbocycles. The van der Waals surface area contributed by atoms with Gasteiger partial charge in [0.25, 0.3) is 5.69 Å². The molecule has 1 aliphatic rings. The van der Waals surface area contributed by atoms with Gasteiger partial charge in [0.1, 0.15) is 0 Å². The molecule has 116 valence electrons. The predicted molar refractivity (Wildman–Crippen MR) is 86.7 cm³/mol. The molecule has 2 rings (SSSR count). The molecule has 0 bridgehead atoms. The van der Waals surface area contributed by atoms with Crippen molar-refractivity contribution >= 4 is 11.4 Å². The minimum Gasteiger partial charge on any atom is -0.382 e. The molecule has 0 aromatic heterocycles. The molecule has 0 saturated heterocycles. The highest BCUT2D eigenvalue weighted by atomic mass is 16.6. The Labute approximate surface area is 127 Å². The van der Waals surface area contributed by atoms with Crippen LogP contribution in [0.1, 0.15) is 51.5 Å². The number of nitro groups is 1. The van der Waals surface area contributed by atoms with E-state index in [0.29, 0.717) is 6.04 Å². The lowest BCUT2D eigenvalue weighted by molar-refractivity contribution is -0.385. The number of hydrogen-bond donors (Lipinski definition) is 1. The van der Waals surface area contributed by atoms with Gasteiger partial charge in [-0.15, -0.1) is 0 Å². The van der Waals surface area contributed by atoms with Crippen LogP contribution < -0.4 is 5.32 Å². The van der Waals surface area contributed by atoms with Crippen molar-refractivity contribution in [2.75, 3.05) is 5.32 Å². The monoisotopic (exact) mass is 290 g/mol. The van der Waals surface area contributed by atoms with E-state index >= 15 is 0 Å². The maximum Gasteiger partial charge on any atom is 0.274 e. The van der Waals surface area contributed by atoms with Gasteiger partial charge in [-0.2, -0.15) is 0 Å². The van der Waals surface area contributed by atoms with Crippen molar-refractivity contribution in [2.24, 2.45) is 11.8 Å². The normalized spacial score (nSPS) is 22.9. The molecule has 1 aliphatic carbocycles. The Morgan fingerprint density at radius 1 is 1.24 bits per heavy atom. The largest absolute Gasteiger partial charge is 0.382 e. The van der Waals surface area contributed by atoms with E-state index in [-0.39, 0.29) is 10.6 Å². The Morgan fingerprint density at radius 3 is 2.67 bits per heavy atom. The lowest BCUT2D eigenvalue weighted by Gasteiger charge is -2.20. The number of anilines is 1. The van der Waals surface area contributed by atoms with Crippen molar-refractivity contribution < 1.29 is 4.92 Å². The van der Waals surface area contributed by atoms with E-state index in [4.69, 9.17) is 0 Å². The second kappa shape index (κ2) is 6.92. The fourth-order valence-corrected chi connectivity index (χ4v) is 3.34. The standard InChI is InChI=1S/C17H26N2O2/c1-12(2)14-6-4-7-15(11-10-14)18-16-8-5-9-17(13(16)3)19(20)21/h5,8-9,12,14-15,18H,4,6-7,10-11H2,1-3H3. The van der Waals surface area contributed by atoms with E-state index in [9.17, 15) is 10.1 Å². The number of hydrogen-bond acceptors (Lipinski definition) is 3. The summed E-state index contributed by atoms with van der Waals surface area (Å²) in [5, 5.41) is 14.6. The van der Waals surface area contributed by atoms with Crippen LogP contribution in [0.5, 0.6) is 0 Å². The molecule has 0 amide bonds. The average Bonchev–Trinajstić information content (AvgIpc) is 2.66. The zero-order chi connectivity index (χ0) is 15.4. The van der Waals surface area contributed by atoms with E-state index in [1.54, 1.807) is 12.1 Å². The second-order valence-corrected chi connectivity index (χ2v) is 6.56. The van der Waals surface area contributed by atoms with Crippen LogP contribution in [-0.2, 0) is 0 Å². The minimum atomic E-state index is -0.303. The molecule has 0 spiro atoms. The first kappa shape index (κ1) is 15.8. The van der Waals surface area contributed by atoms with E-state index in [2.05, 4.69) is 19.2 Å². The van der Waals surface area contributed by atoms with Crippen molar-refractivity contribution in [1.29, 1.82) is 0 Å². The first-order chi connectivity index (χ1) is 9.99. The quantitative estimate of drug-likeness (QED) is 0.486. The van der Waals surface area contributed by atoms with Crippen LogP contribution in [0.4, 0.5) is 11.4 Å². The van der Waals surface area contributed by atoms with Crippen LogP contribution in [0, 0.1) is 28.9 Å². The summed E-state index contributed by atoms with van der Waals surface area (Å²) in [7, 11) is 0. The molecule has 4 nitrogen and oxygen atoms in total. The maximum absolute atomic E-state index is 11.0. The van der Waals surface area contributed by atoms with Crippen LogP contribution >= 0.6 is 0 Å². The van der Waals surface area contributed by atoms with Crippen molar-refractivity contribution in [3.8, 4) is 0 Å². The predicted octanol–water partition coefficient (Wildman–Crippen LogP) is 4.92. The van der Waals surface area contributed by atoms with Gasteiger partial charge in [0.15, 0.2) is 0 Å². The summed E-state index contributed by atoms with van der Waals surface area (Å²) in [5.41, 5.74) is 1.86. The van der Waals surface area contributed by atoms with Crippen LogP contribution in [0.2, 0.25) is 0 Å². The molecule has 1 aromatic rings. The summed E-state index contributed by atoms with van der Waals surface area (Å²) >= 11 is 0. The van der Waals surface area contributed by atoms with Crippen LogP contribution in [0.15, 0.2) is 18.2 Å². The van der Waals surface area contributed by atoms with E-state index in [0.717, 1.165) is 35.9 Å². The highest BCUT2D eigenvalue weighted by molar-refractivity contribution is 5.60. The van der Waals surface area contributed by atoms with Gasteiger partial charge < -0.3 is 5.32 Å². The Hall–Kier alpha value is -1.58. The zero-order valence-electron chi connectivity index (χ0n) is 13.3. The van der Waals surface area contributed by atoms with Gasteiger partial charge in [0.2, 0.25) is 0 Å². The minimum absolute atomic E-state index is 0.202. The maximum atomic E-state index is 11.0. The first-order valence-electron chi connectivity index (χ1n) is 7.99. The van der Waals surface area contributed by atoms with Gasteiger partial charge in [-0.25, -0.2) is 0 Å². The van der Waals surface area contributed by atoms with Gasteiger partial charge in [-0.1, -0.05) is 32.8 Å². The highest BCUT2D eigenvalue weighted by Crippen LogP contribution is 2.32. The zero-order valence-corrected chi connectivity index (χ0v) is 13.3. The second-order valence-electron chi connectivity index (χ2n) is 6.56. The molecular formula is C17H26N2O2.